The molecule has 0 radical (unpaired) electrons. The Labute approximate surface area is 126 Å². The number of furan rings is 1. The summed E-state index contributed by atoms with van der Waals surface area (Å²) in [5.74, 6) is 1.47. The van der Waals surface area contributed by atoms with Gasteiger partial charge in [0.15, 0.2) is 5.82 Å². The van der Waals surface area contributed by atoms with Gasteiger partial charge < -0.3 is 19.6 Å². The molecular weight excluding hydrogens is 284 g/mol. The number of hydrogen-bond donors (Lipinski definition) is 2. The van der Waals surface area contributed by atoms with Crippen LogP contribution in [-0.4, -0.2) is 16.0 Å². The van der Waals surface area contributed by atoms with Crippen LogP contribution in [0.25, 0.3) is 0 Å². The quantitative estimate of drug-likeness (QED) is 0.752. The Balaban J connectivity index is 1.59. The molecule has 0 bridgehead atoms. The van der Waals surface area contributed by atoms with Crippen molar-refractivity contribution in [2.24, 2.45) is 0 Å². The first kappa shape index (κ1) is 13.9. The molecule has 3 aromatic heterocycles. The van der Waals surface area contributed by atoms with Crippen molar-refractivity contribution in [3.05, 3.63) is 60.0 Å². The minimum absolute atomic E-state index is 0.296. The molecule has 7 nitrogen and oxygen atoms in total. The van der Waals surface area contributed by atoms with Gasteiger partial charge in [0.05, 0.1) is 24.7 Å². The molecular formula is C15H14N4O3. The predicted octanol–water partition coefficient (Wildman–Crippen LogP) is 2.84. The van der Waals surface area contributed by atoms with Gasteiger partial charge in [0, 0.05) is 6.07 Å². The topological polar surface area (TPSA) is 93.2 Å². The van der Waals surface area contributed by atoms with E-state index < -0.39 is 0 Å². The van der Waals surface area contributed by atoms with E-state index in [1.54, 1.807) is 37.6 Å². The second-order valence-electron chi connectivity index (χ2n) is 4.64. The molecule has 0 aromatic carbocycles. The molecule has 2 N–H and O–H groups in total. The third-order valence-corrected chi connectivity index (χ3v) is 2.91. The highest BCUT2D eigenvalue weighted by molar-refractivity contribution is 6.02. The molecule has 0 saturated carbocycles. The largest absolute Gasteiger partial charge is 0.467 e. The Hall–Kier alpha value is -3.09. The molecule has 0 unspecified atom stereocenters. The van der Waals surface area contributed by atoms with E-state index in [4.69, 9.17) is 8.94 Å². The minimum atomic E-state index is -0.342. The first-order valence-electron chi connectivity index (χ1n) is 6.68. The lowest BCUT2D eigenvalue weighted by molar-refractivity contribution is 0.102. The van der Waals surface area contributed by atoms with Crippen molar-refractivity contribution < 1.29 is 13.7 Å². The van der Waals surface area contributed by atoms with Gasteiger partial charge in [-0.25, -0.2) is 4.98 Å². The van der Waals surface area contributed by atoms with Crippen LogP contribution in [0.1, 0.15) is 22.0 Å². The van der Waals surface area contributed by atoms with Gasteiger partial charge in [0.25, 0.3) is 5.91 Å². The van der Waals surface area contributed by atoms with E-state index in [0.29, 0.717) is 23.8 Å². The van der Waals surface area contributed by atoms with Crippen LogP contribution in [0.15, 0.2) is 51.7 Å². The first-order valence-corrected chi connectivity index (χ1v) is 6.68. The number of aromatic nitrogens is 2. The normalized spacial score (nSPS) is 10.4. The van der Waals surface area contributed by atoms with E-state index in [-0.39, 0.29) is 5.91 Å². The van der Waals surface area contributed by atoms with Gasteiger partial charge in [-0.1, -0.05) is 5.16 Å². The van der Waals surface area contributed by atoms with Crippen molar-refractivity contribution >= 4 is 17.4 Å². The van der Waals surface area contributed by atoms with Gasteiger partial charge in [-0.05, 0) is 31.2 Å². The van der Waals surface area contributed by atoms with E-state index in [9.17, 15) is 4.79 Å². The monoisotopic (exact) mass is 298 g/mol. The van der Waals surface area contributed by atoms with Crippen LogP contribution in [0.4, 0.5) is 11.5 Å². The Morgan fingerprint density at radius 1 is 1.32 bits per heavy atom. The average Bonchev–Trinajstić information content (AvgIpc) is 3.17. The lowest BCUT2D eigenvalue weighted by Gasteiger charge is -2.05. The highest BCUT2D eigenvalue weighted by Gasteiger charge is 2.10. The molecule has 0 aliphatic heterocycles. The standard InChI is InChI=1S/C15H14N4O3/c1-10-7-14(19-22-10)18-15(20)13-5-4-11(8-17-13)16-9-12-3-2-6-21-12/h2-8,16H,9H2,1H3,(H,18,19,20). The van der Waals surface area contributed by atoms with Crippen molar-refractivity contribution in [2.75, 3.05) is 10.6 Å². The molecule has 0 saturated heterocycles. The van der Waals surface area contributed by atoms with Crippen LogP contribution in [0.5, 0.6) is 0 Å². The number of nitrogens with zero attached hydrogens (tertiary/aromatic N) is 2. The van der Waals surface area contributed by atoms with E-state index >= 15 is 0 Å². The summed E-state index contributed by atoms with van der Waals surface area (Å²) >= 11 is 0. The molecule has 0 fully saturated rings. The second kappa shape index (κ2) is 6.13. The molecule has 0 spiro atoms. The van der Waals surface area contributed by atoms with Gasteiger partial charge in [-0.15, -0.1) is 0 Å². The van der Waals surface area contributed by atoms with Crippen LogP contribution in [0, 0.1) is 6.92 Å². The SMILES string of the molecule is Cc1cc(NC(=O)c2ccc(NCc3ccco3)cn2)no1. The van der Waals surface area contributed by atoms with Gasteiger partial charge in [-0.2, -0.15) is 0 Å². The predicted molar refractivity (Wildman–Crippen MR) is 79.5 cm³/mol. The van der Waals surface area contributed by atoms with E-state index in [2.05, 4.69) is 20.8 Å². The van der Waals surface area contributed by atoms with E-state index in [1.807, 2.05) is 12.1 Å². The smallest absolute Gasteiger partial charge is 0.275 e. The molecule has 1 amide bonds. The summed E-state index contributed by atoms with van der Waals surface area (Å²) in [5.41, 5.74) is 1.09. The van der Waals surface area contributed by atoms with Crippen LogP contribution in [0.2, 0.25) is 0 Å². The molecule has 3 rings (SSSR count). The zero-order valence-corrected chi connectivity index (χ0v) is 11.9. The number of nitrogens with one attached hydrogen (secondary N) is 2. The van der Waals surface area contributed by atoms with Crippen LogP contribution in [0.3, 0.4) is 0 Å². The summed E-state index contributed by atoms with van der Waals surface area (Å²) < 4.78 is 10.1. The number of amides is 1. The molecule has 0 aliphatic rings. The number of rotatable bonds is 5. The highest BCUT2D eigenvalue weighted by atomic mass is 16.5. The third-order valence-electron chi connectivity index (χ3n) is 2.91. The van der Waals surface area contributed by atoms with Crippen molar-refractivity contribution in [1.82, 2.24) is 10.1 Å². The van der Waals surface area contributed by atoms with Crippen molar-refractivity contribution in [1.29, 1.82) is 0 Å². The van der Waals surface area contributed by atoms with Crippen LogP contribution < -0.4 is 10.6 Å². The van der Waals surface area contributed by atoms with E-state index in [1.165, 1.54) is 0 Å². The van der Waals surface area contributed by atoms with Gasteiger partial charge in [-0.3, -0.25) is 4.79 Å². The highest BCUT2D eigenvalue weighted by Crippen LogP contribution is 2.11. The number of aryl methyl sites for hydroxylation is 1. The lowest BCUT2D eigenvalue weighted by atomic mass is 10.3. The maximum atomic E-state index is 12.0. The Kier molecular flexibility index (Phi) is 3.86. The number of carbonyl (C=O) groups is 1. The Morgan fingerprint density at radius 2 is 2.23 bits per heavy atom. The molecule has 22 heavy (non-hydrogen) atoms. The maximum Gasteiger partial charge on any atom is 0.275 e. The summed E-state index contributed by atoms with van der Waals surface area (Å²) in [4.78, 5) is 16.1. The summed E-state index contributed by atoms with van der Waals surface area (Å²) in [7, 11) is 0. The number of anilines is 2. The Morgan fingerprint density at radius 3 is 2.86 bits per heavy atom. The maximum absolute atomic E-state index is 12.0. The Bertz CT molecular complexity index is 747. The number of carbonyl (C=O) groups excluding carboxylic acids is 1. The molecule has 7 heteroatoms. The van der Waals surface area contributed by atoms with E-state index in [0.717, 1.165) is 11.4 Å². The number of hydrogen-bond acceptors (Lipinski definition) is 6. The fraction of sp³-hybridized carbons (Fsp3) is 0.133. The van der Waals surface area contributed by atoms with Crippen LogP contribution >= 0.6 is 0 Å². The van der Waals surface area contributed by atoms with Gasteiger partial charge >= 0.3 is 0 Å². The third kappa shape index (κ3) is 3.32. The lowest BCUT2D eigenvalue weighted by Crippen LogP contribution is -2.13. The fourth-order valence-electron chi connectivity index (χ4n) is 1.84. The summed E-state index contributed by atoms with van der Waals surface area (Å²) in [6.07, 6.45) is 3.21. The molecule has 3 aromatic rings. The fourth-order valence-corrected chi connectivity index (χ4v) is 1.84. The number of pyridine rings is 1. The van der Waals surface area contributed by atoms with Gasteiger partial charge in [0.2, 0.25) is 0 Å². The van der Waals surface area contributed by atoms with Gasteiger partial charge in [0.1, 0.15) is 17.2 Å². The van der Waals surface area contributed by atoms with Crippen molar-refractivity contribution in [2.45, 2.75) is 13.5 Å². The van der Waals surface area contributed by atoms with Crippen molar-refractivity contribution in [3.8, 4) is 0 Å². The zero-order chi connectivity index (χ0) is 15.4. The van der Waals surface area contributed by atoms with Crippen LogP contribution in [-0.2, 0) is 6.54 Å². The molecule has 3 heterocycles. The summed E-state index contributed by atoms with van der Waals surface area (Å²) in [5, 5.41) is 9.46. The second-order valence-corrected chi connectivity index (χ2v) is 4.64. The average molecular weight is 298 g/mol. The zero-order valence-electron chi connectivity index (χ0n) is 11.9. The summed E-state index contributed by atoms with van der Waals surface area (Å²) in [6, 6.07) is 8.75. The summed E-state index contributed by atoms with van der Waals surface area (Å²) in [6.45, 7) is 2.30. The van der Waals surface area contributed by atoms with Crippen molar-refractivity contribution in [3.63, 3.8) is 0 Å². The molecule has 0 atom stereocenters. The first-order chi connectivity index (χ1) is 10.7. The minimum Gasteiger partial charge on any atom is -0.467 e. The molecule has 112 valence electrons. The molecule has 0 aliphatic carbocycles.